The number of nitrogen functional groups attached to an aromatic ring is 1. The molecule has 218 valence electrons. The average molecular weight is 578 g/mol. The van der Waals surface area contributed by atoms with Gasteiger partial charge in [-0.15, -0.1) is 12.4 Å². The van der Waals surface area contributed by atoms with E-state index in [-0.39, 0.29) is 35.7 Å². The van der Waals surface area contributed by atoms with Crippen LogP contribution in [-0.4, -0.2) is 86.0 Å². The SMILES string of the molecule is CCNC(=O)[C@H]1O[C@@H](n2cnc3c(N)nc(NCCc4ccc(CCC(=O)NCCN)cc4)nc32)[C@H](O)[C@@H]1O.Cl. The molecule has 3 heterocycles. The zero-order valence-electron chi connectivity index (χ0n) is 22.1. The average Bonchev–Trinajstić information content (AvgIpc) is 3.48. The van der Waals surface area contributed by atoms with Gasteiger partial charge in [-0.25, -0.2) is 4.98 Å². The largest absolute Gasteiger partial charge is 0.387 e. The van der Waals surface area contributed by atoms with Crippen LogP contribution in [-0.2, 0) is 27.2 Å². The number of carbonyl (C=O) groups is 2. The van der Waals surface area contributed by atoms with Gasteiger partial charge in [-0.05, 0) is 30.9 Å². The van der Waals surface area contributed by atoms with E-state index < -0.39 is 30.4 Å². The number of ether oxygens (including phenoxy) is 1. The molecule has 1 aliphatic heterocycles. The fraction of sp³-hybridized carbons (Fsp3) is 0.480. The number of amides is 2. The molecule has 0 saturated carbocycles. The van der Waals surface area contributed by atoms with E-state index >= 15 is 0 Å². The molecule has 0 radical (unpaired) electrons. The summed E-state index contributed by atoms with van der Waals surface area (Å²) in [5.41, 5.74) is 14.3. The number of nitrogens with zero attached hydrogens (tertiary/aromatic N) is 4. The lowest BCUT2D eigenvalue weighted by molar-refractivity contribution is -0.137. The fourth-order valence-electron chi connectivity index (χ4n) is 4.33. The van der Waals surface area contributed by atoms with Gasteiger partial charge in [0.2, 0.25) is 11.9 Å². The molecule has 1 aromatic carbocycles. The highest BCUT2D eigenvalue weighted by Crippen LogP contribution is 2.32. The Kier molecular flexibility index (Phi) is 11.0. The van der Waals surface area contributed by atoms with Gasteiger partial charge in [0.15, 0.2) is 23.8 Å². The van der Waals surface area contributed by atoms with Gasteiger partial charge in [-0.1, -0.05) is 24.3 Å². The van der Waals surface area contributed by atoms with Crippen molar-refractivity contribution < 1.29 is 24.5 Å². The zero-order valence-corrected chi connectivity index (χ0v) is 22.9. The van der Waals surface area contributed by atoms with Crippen LogP contribution in [0.25, 0.3) is 11.2 Å². The van der Waals surface area contributed by atoms with Gasteiger partial charge in [0, 0.05) is 32.6 Å². The van der Waals surface area contributed by atoms with Crippen LogP contribution in [0.4, 0.5) is 11.8 Å². The fourth-order valence-corrected chi connectivity index (χ4v) is 4.33. The standard InChI is InChI=1S/C25H35N9O5.ClH/c1-2-28-23(38)20-18(36)19(37)24(39-20)34-13-31-17-21(27)32-25(33-22(17)34)30-11-9-15-5-3-14(4-6-15)7-8-16(35)29-12-10-26;/h3-6,13,18-20,24,36-37H,2,7-12,26H2,1H3,(H,28,38)(H,29,35)(H3,27,30,32,33);1H/t18-,19+,20-,24+;/m0./s1. The molecule has 1 fully saturated rings. The minimum Gasteiger partial charge on any atom is -0.387 e. The van der Waals surface area contributed by atoms with E-state index in [4.69, 9.17) is 16.2 Å². The molecule has 1 aliphatic rings. The van der Waals surface area contributed by atoms with Crippen LogP contribution < -0.4 is 27.4 Å². The highest BCUT2D eigenvalue weighted by molar-refractivity contribution is 5.85. The predicted octanol–water partition coefficient (Wildman–Crippen LogP) is -0.752. The maximum absolute atomic E-state index is 12.2. The van der Waals surface area contributed by atoms with Gasteiger partial charge >= 0.3 is 0 Å². The van der Waals surface area contributed by atoms with Crippen LogP contribution in [0.1, 0.15) is 30.7 Å². The van der Waals surface area contributed by atoms with Gasteiger partial charge in [0.1, 0.15) is 17.7 Å². The molecule has 1 saturated heterocycles. The molecule has 15 heteroatoms. The van der Waals surface area contributed by atoms with Gasteiger partial charge in [0.25, 0.3) is 5.91 Å². The number of nitrogens with two attached hydrogens (primary N) is 2. The molecular formula is C25H36ClN9O5. The first-order valence-corrected chi connectivity index (χ1v) is 12.9. The van der Waals surface area contributed by atoms with Crippen molar-refractivity contribution in [1.82, 2.24) is 30.2 Å². The van der Waals surface area contributed by atoms with Gasteiger partial charge in [-0.3, -0.25) is 14.2 Å². The third-order valence-corrected chi connectivity index (χ3v) is 6.40. The molecule has 0 spiro atoms. The van der Waals surface area contributed by atoms with E-state index in [1.54, 1.807) is 6.92 Å². The Morgan fingerprint density at radius 1 is 1.05 bits per heavy atom. The van der Waals surface area contributed by atoms with Crippen LogP contribution in [0.5, 0.6) is 0 Å². The maximum atomic E-state index is 12.2. The smallest absolute Gasteiger partial charge is 0.252 e. The second kappa shape index (κ2) is 14.2. The molecule has 3 aromatic rings. The van der Waals surface area contributed by atoms with E-state index in [2.05, 4.69) is 30.9 Å². The first kappa shape index (κ1) is 31.0. The quantitative estimate of drug-likeness (QED) is 0.142. The van der Waals surface area contributed by atoms with E-state index in [1.807, 2.05) is 24.3 Å². The number of fused-ring (bicyclic) bond motifs is 1. The summed E-state index contributed by atoms with van der Waals surface area (Å²) in [7, 11) is 0. The number of nitrogens with one attached hydrogen (secondary N) is 3. The van der Waals surface area contributed by atoms with Gasteiger partial charge in [-0.2, -0.15) is 9.97 Å². The van der Waals surface area contributed by atoms with Crippen molar-refractivity contribution in [2.45, 2.75) is 50.7 Å². The number of aliphatic hydroxyl groups is 2. The zero-order chi connectivity index (χ0) is 27.9. The van der Waals surface area contributed by atoms with Crippen LogP contribution in [0.15, 0.2) is 30.6 Å². The van der Waals surface area contributed by atoms with Crippen LogP contribution in [0, 0.1) is 0 Å². The molecule has 9 N–H and O–H groups in total. The summed E-state index contributed by atoms with van der Waals surface area (Å²) >= 11 is 0. The van der Waals surface area contributed by atoms with E-state index in [1.165, 1.54) is 10.9 Å². The number of rotatable bonds is 12. The molecule has 4 rings (SSSR count). The highest BCUT2D eigenvalue weighted by Gasteiger charge is 2.47. The molecule has 14 nitrogen and oxygen atoms in total. The third-order valence-electron chi connectivity index (χ3n) is 6.40. The monoisotopic (exact) mass is 577 g/mol. The number of hydrogen-bond donors (Lipinski definition) is 7. The number of aromatic nitrogens is 4. The summed E-state index contributed by atoms with van der Waals surface area (Å²) in [5.74, 6) is -0.142. The molecule has 40 heavy (non-hydrogen) atoms. The Bertz CT molecular complexity index is 1290. The molecule has 0 unspecified atom stereocenters. The Balaban J connectivity index is 0.00000441. The first-order chi connectivity index (χ1) is 18.8. The molecular weight excluding hydrogens is 542 g/mol. The Labute approximate surface area is 237 Å². The molecule has 2 amide bonds. The predicted molar refractivity (Wildman–Crippen MR) is 151 cm³/mol. The molecule has 0 bridgehead atoms. The number of hydrogen-bond acceptors (Lipinski definition) is 11. The van der Waals surface area contributed by atoms with Crippen molar-refractivity contribution in [3.8, 4) is 0 Å². The molecule has 2 aromatic heterocycles. The van der Waals surface area contributed by atoms with E-state index in [0.29, 0.717) is 51.0 Å². The summed E-state index contributed by atoms with van der Waals surface area (Å²) in [4.78, 5) is 37.0. The summed E-state index contributed by atoms with van der Waals surface area (Å²) in [6.45, 7) is 3.52. The van der Waals surface area contributed by atoms with Crippen molar-refractivity contribution in [2.24, 2.45) is 5.73 Å². The normalized spacial score (nSPS) is 20.2. The minimum atomic E-state index is -1.42. The van der Waals surface area contributed by atoms with Crippen molar-refractivity contribution in [2.75, 3.05) is 37.2 Å². The molecule has 0 aliphatic carbocycles. The second-order valence-electron chi connectivity index (χ2n) is 9.21. The number of anilines is 2. The third kappa shape index (κ3) is 7.14. The number of aliphatic hydroxyl groups excluding tert-OH is 2. The summed E-state index contributed by atoms with van der Waals surface area (Å²) < 4.78 is 7.12. The van der Waals surface area contributed by atoms with Crippen LogP contribution >= 0.6 is 12.4 Å². The number of aryl methyl sites for hydroxylation is 1. The Morgan fingerprint density at radius 3 is 2.42 bits per heavy atom. The first-order valence-electron chi connectivity index (χ1n) is 12.9. The van der Waals surface area contributed by atoms with Crippen molar-refractivity contribution in [3.63, 3.8) is 0 Å². The highest BCUT2D eigenvalue weighted by atomic mass is 35.5. The topological polar surface area (TPSA) is 216 Å². The van der Waals surface area contributed by atoms with Gasteiger partial charge in [0.05, 0.1) is 6.33 Å². The summed E-state index contributed by atoms with van der Waals surface area (Å²) in [6, 6.07) is 8.02. The Morgan fingerprint density at radius 2 is 1.75 bits per heavy atom. The Hall–Kier alpha value is -3.56. The van der Waals surface area contributed by atoms with E-state index in [9.17, 15) is 19.8 Å². The summed E-state index contributed by atoms with van der Waals surface area (Å²) in [5, 5.41) is 29.4. The maximum Gasteiger partial charge on any atom is 0.252 e. The second-order valence-corrected chi connectivity index (χ2v) is 9.21. The minimum absolute atomic E-state index is 0. The van der Waals surface area contributed by atoms with Crippen molar-refractivity contribution >= 4 is 47.2 Å². The lowest BCUT2D eigenvalue weighted by Crippen LogP contribution is -2.42. The number of imidazole rings is 1. The number of carbonyl (C=O) groups excluding carboxylic acids is 2. The van der Waals surface area contributed by atoms with Gasteiger partial charge < -0.3 is 42.4 Å². The number of benzene rings is 1. The number of likely N-dealkylation sites (N-methyl/N-ethyl adjacent to an activating group) is 1. The van der Waals surface area contributed by atoms with E-state index in [0.717, 1.165) is 11.1 Å². The van der Waals surface area contributed by atoms with Crippen molar-refractivity contribution in [3.05, 3.63) is 41.7 Å². The number of halogens is 1. The van der Waals surface area contributed by atoms with Crippen LogP contribution in [0.3, 0.4) is 0 Å². The summed E-state index contributed by atoms with van der Waals surface area (Å²) in [6.07, 6.45) is -2.01. The lowest BCUT2D eigenvalue weighted by Gasteiger charge is -2.16. The van der Waals surface area contributed by atoms with Crippen LogP contribution in [0.2, 0.25) is 0 Å². The van der Waals surface area contributed by atoms with Crippen molar-refractivity contribution in [1.29, 1.82) is 0 Å². The molecule has 4 atom stereocenters. The lowest BCUT2D eigenvalue weighted by atomic mass is 10.1.